The van der Waals surface area contributed by atoms with Crippen molar-refractivity contribution >= 4 is 26.5 Å². The molecule has 4 heteroatoms. The maximum Gasteiger partial charge on any atom is 0.280 e. The molecule has 0 atom stereocenters. The monoisotopic (exact) mass is 226 g/mol. The molecule has 1 saturated heterocycles. The summed E-state index contributed by atoms with van der Waals surface area (Å²) in [7, 11) is 0. The first-order valence-corrected chi connectivity index (χ1v) is 3.53. The highest BCUT2D eigenvalue weighted by Gasteiger charge is 2.16. The zero-order valence-electron chi connectivity index (χ0n) is 4.28. The van der Waals surface area contributed by atoms with E-state index >= 15 is 0 Å². The quantitative estimate of drug-likeness (QED) is 0.378. The molecule has 1 heterocycles. The number of nitrogens with one attached hydrogen (secondary N) is 2. The highest BCUT2D eigenvalue weighted by atomic mass is 127. The van der Waals surface area contributed by atoms with E-state index in [4.69, 9.17) is 0 Å². The van der Waals surface area contributed by atoms with Gasteiger partial charge in [-0.3, -0.25) is 4.79 Å². The standard InChI is InChI=1S/C4H7IN2O/c5-4(8)7-3-1-6-2-3/h3,6H,1-2H2,(H,7,8). The van der Waals surface area contributed by atoms with Gasteiger partial charge in [0.15, 0.2) is 0 Å². The summed E-state index contributed by atoms with van der Waals surface area (Å²) >= 11 is 1.74. The van der Waals surface area contributed by atoms with Crippen LogP contribution in [0.1, 0.15) is 0 Å². The predicted octanol–water partition coefficient (Wildman–Crippen LogP) is 0.103. The van der Waals surface area contributed by atoms with Gasteiger partial charge in [-0.05, 0) is 0 Å². The number of hydrogen-bond donors (Lipinski definition) is 2. The molecule has 0 unspecified atom stereocenters. The average Bonchev–Trinajstić information content (AvgIpc) is 1.55. The highest BCUT2D eigenvalue weighted by molar-refractivity contribution is 14.1. The lowest BCUT2D eigenvalue weighted by Gasteiger charge is -2.26. The average molecular weight is 226 g/mol. The SMILES string of the molecule is O=C(I)NC1CNC1. The van der Waals surface area contributed by atoms with Gasteiger partial charge in [0, 0.05) is 35.7 Å². The van der Waals surface area contributed by atoms with Crippen LogP contribution in [-0.2, 0) is 0 Å². The number of carbonyl (C=O) groups excluding carboxylic acids is 1. The molecule has 46 valence electrons. The molecule has 8 heavy (non-hydrogen) atoms. The predicted molar refractivity (Wildman–Crippen MR) is 39.2 cm³/mol. The summed E-state index contributed by atoms with van der Waals surface area (Å²) in [5, 5.41) is 5.81. The van der Waals surface area contributed by atoms with Gasteiger partial charge in [-0.1, -0.05) is 0 Å². The first kappa shape index (κ1) is 6.28. The molecule has 1 amide bonds. The van der Waals surface area contributed by atoms with E-state index in [1.54, 1.807) is 22.6 Å². The summed E-state index contributed by atoms with van der Waals surface area (Å²) in [6.07, 6.45) is 0. The molecule has 0 spiro atoms. The van der Waals surface area contributed by atoms with Crippen molar-refractivity contribution < 1.29 is 4.79 Å². The van der Waals surface area contributed by atoms with Gasteiger partial charge >= 0.3 is 0 Å². The molecule has 1 aliphatic heterocycles. The van der Waals surface area contributed by atoms with Crippen molar-refractivity contribution in [2.45, 2.75) is 6.04 Å². The van der Waals surface area contributed by atoms with Gasteiger partial charge in [-0.15, -0.1) is 0 Å². The van der Waals surface area contributed by atoms with Gasteiger partial charge in [0.1, 0.15) is 0 Å². The summed E-state index contributed by atoms with van der Waals surface area (Å²) in [5.41, 5.74) is 0. The second-order valence-electron chi connectivity index (χ2n) is 1.77. The number of hydrogen-bond acceptors (Lipinski definition) is 2. The fourth-order valence-electron chi connectivity index (χ4n) is 0.551. The van der Waals surface area contributed by atoms with Gasteiger partial charge in [0.25, 0.3) is 3.91 Å². The lowest BCUT2D eigenvalue weighted by atomic mass is 10.2. The summed E-state index contributed by atoms with van der Waals surface area (Å²) in [6, 6.07) is 0.388. The maximum atomic E-state index is 10.3. The Morgan fingerprint density at radius 1 is 1.75 bits per heavy atom. The van der Waals surface area contributed by atoms with E-state index in [2.05, 4.69) is 10.6 Å². The Hall–Kier alpha value is 0.160. The Kier molecular flexibility index (Phi) is 2.07. The summed E-state index contributed by atoms with van der Waals surface area (Å²) in [5.74, 6) is 0. The van der Waals surface area contributed by atoms with E-state index < -0.39 is 0 Å². The van der Waals surface area contributed by atoms with Gasteiger partial charge in [0.2, 0.25) is 0 Å². The van der Waals surface area contributed by atoms with Crippen LogP contribution in [0.3, 0.4) is 0 Å². The van der Waals surface area contributed by atoms with E-state index in [0.29, 0.717) is 6.04 Å². The van der Waals surface area contributed by atoms with Crippen LogP contribution in [0.4, 0.5) is 4.79 Å². The topological polar surface area (TPSA) is 41.1 Å². The third-order valence-electron chi connectivity index (χ3n) is 1.10. The first-order chi connectivity index (χ1) is 3.79. The molecule has 1 aliphatic rings. The normalized spacial score (nSPS) is 19.6. The minimum absolute atomic E-state index is 0.0362. The molecular formula is C4H7IN2O. The second-order valence-corrected chi connectivity index (χ2v) is 2.75. The Morgan fingerprint density at radius 2 is 2.38 bits per heavy atom. The van der Waals surface area contributed by atoms with E-state index in [0.717, 1.165) is 13.1 Å². The molecule has 0 bridgehead atoms. The van der Waals surface area contributed by atoms with Gasteiger partial charge in [0.05, 0.1) is 6.04 Å². The van der Waals surface area contributed by atoms with E-state index in [-0.39, 0.29) is 3.91 Å². The fraction of sp³-hybridized carbons (Fsp3) is 0.750. The van der Waals surface area contributed by atoms with Crippen LogP contribution in [0.15, 0.2) is 0 Å². The molecule has 0 aliphatic carbocycles. The molecule has 0 saturated carbocycles. The maximum absolute atomic E-state index is 10.3. The molecule has 3 nitrogen and oxygen atoms in total. The molecule has 0 aromatic rings. The van der Waals surface area contributed by atoms with Crippen molar-refractivity contribution in [3.8, 4) is 0 Å². The van der Waals surface area contributed by atoms with Crippen molar-refractivity contribution in [3.63, 3.8) is 0 Å². The van der Waals surface area contributed by atoms with E-state index in [9.17, 15) is 4.79 Å². The molecule has 2 N–H and O–H groups in total. The third kappa shape index (κ3) is 1.59. The minimum atomic E-state index is 0.0362. The number of carbonyl (C=O) groups is 1. The zero-order chi connectivity index (χ0) is 5.98. The largest absolute Gasteiger partial charge is 0.342 e. The Morgan fingerprint density at radius 3 is 2.50 bits per heavy atom. The lowest BCUT2D eigenvalue weighted by Crippen LogP contribution is -2.55. The van der Waals surface area contributed by atoms with Crippen LogP contribution in [0.5, 0.6) is 0 Å². The first-order valence-electron chi connectivity index (χ1n) is 2.46. The number of halogens is 1. The molecule has 0 aromatic carbocycles. The van der Waals surface area contributed by atoms with Gasteiger partial charge < -0.3 is 10.6 Å². The Balaban J connectivity index is 2.09. The zero-order valence-corrected chi connectivity index (χ0v) is 6.44. The van der Waals surface area contributed by atoms with E-state index in [1.807, 2.05) is 0 Å². The van der Waals surface area contributed by atoms with Gasteiger partial charge in [-0.25, -0.2) is 0 Å². The minimum Gasteiger partial charge on any atom is -0.342 e. The molecule has 1 fully saturated rings. The summed E-state index contributed by atoms with van der Waals surface area (Å²) < 4.78 is 0.0362. The van der Waals surface area contributed by atoms with Crippen LogP contribution < -0.4 is 10.6 Å². The van der Waals surface area contributed by atoms with Crippen LogP contribution in [-0.4, -0.2) is 23.0 Å². The summed E-state index contributed by atoms with van der Waals surface area (Å²) in [4.78, 5) is 10.3. The number of amides is 1. The molecular weight excluding hydrogens is 219 g/mol. The van der Waals surface area contributed by atoms with Crippen LogP contribution >= 0.6 is 22.6 Å². The third-order valence-corrected chi connectivity index (χ3v) is 1.41. The fourth-order valence-corrected chi connectivity index (χ4v) is 0.992. The number of rotatable bonds is 1. The Labute approximate surface area is 61.4 Å². The van der Waals surface area contributed by atoms with Crippen LogP contribution in [0.2, 0.25) is 0 Å². The molecule has 1 rings (SSSR count). The Bertz CT molecular complexity index is 102. The molecule has 0 aromatic heterocycles. The van der Waals surface area contributed by atoms with Crippen molar-refractivity contribution in [1.82, 2.24) is 10.6 Å². The van der Waals surface area contributed by atoms with Crippen molar-refractivity contribution in [1.29, 1.82) is 0 Å². The molecule has 0 radical (unpaired) electrons. The van der Waals surface area contributed by atoms with Crippen LogP contribution in [0, 0.1) is 0 Å². The smallest absolute Gasteiger partial charge is 0.280 e. The van der Waals surface area contributed by atoms with Crippen LogP contribution in [0.25, 0.3) is 0 Å². The van der Waals surface area contributed by atoms with E-state index in [1.165, 1.54) is 0 Å². The highest BCUT2D eigenvalue weighted by Crippen LogP contribution is 1.93. The second kappa shape index (κ2) is 2.63. The van der Waals surface area contributed by atoms with Gasteiger partial charge in [-0.2, -0.15) is 0 Å². The van der Waals surface area contributed by atoms with Crippen molar-refractivity contribution in [3.05, 3.63) is 0 Å². The lowest BCUT2D eigenvalue weighted by molar-refractivity contribution is 0.254. The summed E-state index contributed by atoms with van der Waals surface area (Å²) in [6.45, 7) is 1.85. The van der Waals surface area contributed by atoms with Crippen molar-refractivity contribution in [2.75, 3.05) is 13.1 Å². The van der Waals surface area contributed by atoms with Crippen molar-refractivity contribution in [2.24, 2.45) is 0 Å².